The van der Waals surface area contributed by atoms with Gasteiger partial charge in [0.25, 0.3) is 0 Å². The lowest BCUT2D eigenvalue weighted by Gasteiger charge is -2.05. The van der Waals surface area contributed by atoms with Crippen molar-refractivity contribution in [3.8, 4) is 6.07 Å². The molecule has 1 aliphatic rings. The molecule has 14 heavy (non-hydrogen) atoms. The second kappa shape index (κ2) is 3.07. The average molecular weight is 188 g/mol. The highest BCUT2D eigenvalue weighted by Gasteiger charge is 2.50. The number of amides is 1. The topological polar surface area (TPSA) is 78.7 Å². The highest BCUT2D eigenvalue weighted by molar-refractivity contribution is 5.98. The SMILES string of the molecule is N#CC1(C(=O)Nc2cnccn2)CC1. The van der Waals surface area contributed by atoms with Gasteiger partial charge in [0.05, 0.1) is 12.3 Å². The van der Waals surface area contributed by atoms with E-state index in [1.165, 1.54) is 18.6 Å². The van der Waals surface area contributed by atoms with Crippen LogP contribution in [-0.2, 0) is 4.79 Å². The summed E-state index contributed by atoms with van der Waals surface area (Å²) in [5.74, 6) is 0.111. The number of nitrogens with one attached hydrogen (secondary N) is 1. The van der Waals surface area contributed by atoms with Crippen molar-refractivity contribution in [2.45, 2.75) is 12.8 Å². The van der Waals surface area contributed by atoms with E-state index in [9.17, 15) is 4.79 Å². The first-order valence-corrected chi connectivity index (χ1v) is 4.26. The fourth-order valence-corrected chi connectivity index (χ4v) is 1.11. The predicted octanol–water partition coefficient (Wildman–Crippen LogP) is 0.719. The molecule has 1 saturated carbocycles. The summed E-state index contributed by atoms with van der Waals surface area (Å²) in [4.78, 5) is 19.2. The molecule has 2 rings (SSSR count). The van der Waals surface area contributed by atoms with Crippen molar-refractivity contribution in [3.63, 3.8) is 0 Å². The summed E-state index contributed by atoms with van der Waals surface area (Å²) in [7, 11) is 0. The van der Waals surface area contributed by atoms with E-state index in [1.54, 1.807) is 0 Å². The standard InChI is InChI=1S/C9H8N4O/c10-6-9(1-2-9)8(14)13-7-5-11-3-4-12-7/h3-5H,1-2H2,(H,12,13,14). The molecule has 1 aliphatic carbocycles. The zero-order chi connectivity index (χ0) is 10.0. The molecule has 1 amide bonds. The van der Waals surface area contributed by atoms with Crippen molar-refractivity contribution < 1.29 is 4.79 Å². The quantitative estimate of drug-likeness (QED) is 0.741. The highest BCUT2D eigenvalue weighted by atomic mass is 16.2. The zero-order valence-corrected chi connectivity index (χ0v) is 7.40. The first-order chi connectivity index (χ1) is 6.77. The highest BCUT2D eigenvalue weighted by Crippen LogP contribution is 2.45. The maximum Gasteiger partial charge on any atom is 0.246 e. The molecule has 0 saturated heterocycles. The van der Waals surface area contributed by atoms with Gasteiger partial charge >= 0.3 is 0 Å². The van der Waals surface area contributed by atoms with E-state index in [2.05, 4.69) is 15.3 Å². The van der Waals surface area contributed by atoms with Crippen LogP contribution in [0.15, 0.2) is 18.6 Å². The van der Waals surface area contributed by atoms with Gasteiger partial charge in [0.1, 0.15) is 5.41 Å². The Bertz CT molecular complexity index is 391. The molecule has 5 heteroatoms. The van der Waals surface area contributed by atoms with Gasteiger partial charge in [-0.1, -0.05) is 0 Å². The van der Waals surface area contributed by atoms with Gasteiger partial charge in [0.15, 0.2) is 5.82 Å². The minimum atomic E-state index is -0.808. The smallest absolute Gasteiger partial charge is 0.246 e. The van der Waals surface area contributed by atoms with Crippen LogP contribution in [0.5, 0.6) is 0 Å². The van der Waals surface area contributed by atoms with Crippen LogP contribution in [0.4, 0.5) is 5.82 Å². The summed E-state index contributed by atoms with van der Waals surface area (Å²) in [6.45, 7) is 0. The first-order valence-electron chi connectivity index (χ1n) is 4.26. The maximum absolute atomic E-state index is 11.5. The molecule has 0 bridgehead atoms. The van der Waals surface area contributed by atoms with Crippen molar-refractivity contribution in [2.75, 3.05) is 5.32 Å². The Morgan fingerprint density at radius 2 is 2.36 bits per heavy atom. The molecule has 5 nitrogen and oxygen atoms in total. The monoisotopic (exact) mass is 188 g/mol. The molecular formula is C9H8N4O. The summed E-state index contributed by atoms with van der Waals surface area (Å²) < 4.78 is 0. The van der Waals surface area contributed by atoms with E-state index in [4.69, 9.17) is 5.26 Å². The van der Waals surface area contributed by atoms with Crippen LogP contribution in [0.1, 0.15) is 12.8 Å². The van der Waals surface area contributed by atoms with Crippen molar-refractivity contribution in [3.05, 3.63) is 18.6 Å². The van der Waals surface area contributed by atoms with E-state index < -0.39 is 5.41 Å². The van der Waals surface area contributed by atoms with Crippen molar-refractivity contribution in [1.29, 1.82) is 5.26 Å². The third kappa shape index (κ3) is 1.42. The van der Waals surface area contributed by atoms with Crippen LogP contribution >= 0.6 is 0 Å². The van der Waals surface area contributed by atoms with Gasteiger partial charge < -0.3 is 5.32 Å². The molecule has 0 radical (unpaired) electrons. The van der Waals surface area contributed by atoms with Crippen LogP contribution in [0.25, 0.3) is 0 Å². The number of carbonyl (C=O) groups excluding carboxylic acids is 1. The molecule has 70 valence electrons. The number of nitriles is 1. The largest absolute Gasteiger partial charge is 0.308 e. The van der Waals surface area contributed by atoms with E-state index in [0.29, 0.717) is 18.7 Å². The lowest BCUT2D eigenvalue weighted by molar-refractivity contribution is -0.119. The Hall–Kier alpha value is -1.96. The zero-order valence-electron chi connectivity index (χ0n) is 7.40. The lowest BCUT2D eigenvalue weighted by atomic mass is 10.1. The van der Waals surface area contributed by atoms with Gasteiger partial charge in [0.2, 0.25) is 5.91 Å². The van der Waals surface area contributed by atoms with E-state index in [1.807, 2.05) is 6.07 Å². The van der Waals surface area contributed by atoms with Gasteiger partial charge in [-0.2, -0.15) is 5.26 Å². The number of aromatic nitrogens is 2. The molecular weight excluding hydrogens is 180 g/mol. The molecule has 0 aromatic carbocycles. The summed E-state index contributed by atoms with van der Waals surface area (Å²) in [5.41, 5.74) is -0.808. The second-order valence-electron chi connectivity index (χ2n) is 3.24. The van der Waals surface area contributed by atoms with Gasteiger partial charge in [-0.15, -0.1) is 0 Å². The van der Waals surface area contributed by atoms with Gasteiger partial charge in [-0.3, -0.25) is 9.78 Å². The van der Waals surface area contributed by atoms with Crippen molar-refractivity contribution in [1.82, 2.24) is 9.97 Å². The number of carbonyl (C=O) groups is 1. The minimum Gasteiger partial charge on any atom is -0.308 e. The summed E-state index contributed by atoms with van der Waals surface area (Å²) in [6.07, 6.45) is 5.73. The van der Waals surface area contributed by atoms with Gasteiger partial charge in [-0.25, -0.2) is 4.98 Å². The Kier molecular flexibility index (Phi) is 1.89. The van der Waals surface area contributed by atoms with Crippen LogP contribution < -0.4 is 5.32 Å². The Morgan fingerprint density at radius 3 is 2.86 bits per heavy atom. The van der Waals surface area contributed by atoms with Crippen LogP contribution in [0.2, 0.25) is 0 Å². The third-order valence-electron chi connectivity index (χ3n) is 2.20. The number of rotatable bonds is 2. The van der Waals surface area contributed by atoms with Crippen LogP contribution in [0, 0.1) is 16.7 Å². The molecule has 0 atom stereocenters. The maximum atomic E-state index is 11.5. The lowest BCUT2D eigenvalue weighted by Crippen LogP contribution is -2.23. The molecule has 0 spiro atoms. The van der Waals surface area contributed by atoms with E-state index in [-0.39, 0.29) is 5.91 Å². The van der Waals surface area contributed by atoms with Crippen LogP contribution in [-0.4, -0.2) is 15.9 Å². The third-order valence-corrected chi connectivity index (χ3v) is 2.20. The average Bonchev–Trinajstić information content (AvgIpc) is 3.00. The van der Waals surface area contributed by atoms with Crippen LogP contribution in [0.3, 0.4) is 0 Å². The van der Waals surface area contributed by atoms with Gasteiger partial charge in [-0.05, 0) is 12.8 Å². The molecule has 0 unspecified atom stereocenters. The fourth-order valence-electron chi connectivity index (χ4n) is 1.11. The Balaban J connectivity index is 2.07. The summed E-state index contributed by atoms with van der Waals surface area (Å²) >= 11 is 0. The molecule has 1 N–H and O–H groups in total. The summed E-state index contributed by atoms with van der Waals surface area (Å²) in [6, 6.07) is 2.01. The van der Waals surface area contributed by atoms with Gasteiger partial charge in [0, 0.05) is 12.4 Å². The number of hydrogen-bond donors (Lipinski definition) is 1. The number of anilines is 1. The number of hydrogen-bond acceptors (Lipinski definition) is 4. The second-order valence-corrected chi connectivity index (χ2v) is 3.24. The summed E-state index contributed by atoms with van der Waals surface area (Å²) in [5, 5.41) is 11.3. The molecule has 1 heterocycles. The van der Waals surface area contributed by atoms with Crippen molar-refractivity contribution >= 4 is 11.7 Å². The Labute approximate surface area is 80.8 Å². The molecule has 1 fully saturated rings. The molecule has 1 aromatic heterocycles. The number of nitrogens with zero attached hydrogens (tertiary/aromatic N) is 3. The predicted molar refractivity (Wildman–Crippen MR) is 47.9 cm³/mol. The normalized spacial score (nSPS) is 16.8. The first kappa shape index (κ1) is 8.63. The Morgan fingerprint density at radius 1 is 1.57 bits per heavy atom. The van der Waals surface area contributed by atoms with E-state index >= 15 is 0 Å². The molecule has 1 aromatic rings. The van der Waals surface area contributed by atoms with E-state index in [0.717, 1.165) is 0 Å². The minimum absolute atomic E-state index is 0.277. The molecule has 0 aliphatic heterocycles. The fraction of sp³-hybridized carbons (Fsp3) is 0.333. The van der Waals surface area contributed by atoms with Crippen molar-refractivity contribution in [2.24, 2.45) is 5.41 Å².